The Kier molecular flexibility index (Phi) is 3.86. The van der Waals surface area contributed by atoms with Gasteiger partial charge in [0.05, 0.1) is 7.11 Å². The summed E-state index contributed by atoms with van der Waals surface area (Å²) in [5, 5.41) is 0. The van der Waals surface area contributed by atoms with Crippen LogP contribution in [0.2, 0.25) is 0 Å². The number of hydrogen-bond donors (Lipinski definition) is 1. The minimum absolute atomic E-state index is 0.0596. The maximum absolute atomic E-state index is 12.6. The lowest BCUT2D eigenvalue weighted by molar-refractivity contribution is 0.0591. The smallest absolute Gasteiger partial charge is 0.341 e. The SMILES string of the molecule is COC(=O)c1ccc(N)cc1OC(F)P. The van der Waals surface area contributed by atoms with E-state index in [1.165, 1.54) is 25.3 Å². The van der Waals surface area contributed by atoms with Gasteiger partial charge in [-0.2, -0.15) is 4.39 Å². The second-order valence-corrected chi connectivity index (χ2v) is 3.24. The number of benzene rings is 1. The molecule has 0 bridgehead atoms. The summed E-state index contributed by atoms with van der Waals surface area (Å²) in [5.74, 6) is -0.542. The molecule has 0 aliphatic rings. The molecule has 15 heavy (non-hydrogen) atoms. The monoisotopic (exact) mass is 231 g/mol. The zero-order chi connectivity index (χ0) is 11.4. The molecule has 6 heteroatoms. The standard InChI is InChI=1S/C9H11FNO3P/c1-13-8(12)6-3-2-5(11)4-7(6)14-9(10)15/h2-4,9H,11,15H2,1H3. The number of alkyl halides is 1. The third kappa shape index (κ3) is 3.06. The number of esters is 1. The highest BCUT2D eigenvalue weighted by Gasteiger charge is 2.14. The number of nitrogens with two attached hydrogens (primary N) is 1. The van der Waals surface area contributed by atoms with Crippen LogP contribution in [0.4, 0.5) is 10.1 Å². The quantitative estimate of drug-likeness (QED) is 0.487. The van der Waals surface area contributed by atoms with Gasteiger partial charge in [-0.05, 0) is 12.1 Å². The molecule has 2 N–H and O–H groups in total. The molecular weight excluding hydrogens is 220 g/mol. The van der Waals surface area contributed by atoms with Gasteiger partial charge >= 0.3 is 5.97 Å². The van der Waals surface area contributed by atoms with Crippen LogP contribution in [0.5, 0.6) is 5.75 Å². The molecule has 1 aromatic carbocycles. The molecule has 0 fully saturated rings. The van der Waals surface area contributed by atoms with Crippen molar-refractivity contribution in [2.24, 2.45) is 0 Å². The van der Waals surface area contributed by atoms with Crippen LogP contribution >= 0.6 is 9.24 Å². The Balaban J connectivity index is 3.08. The summed E-state index contributed by atoms with van der Waals surface area (Å²) in [6.45, 7) is 0. The lowest BCUT2D eigenvalue weighted by Crippen LogP contribution is -2.08. The summed E-state index contributed by atoms with van der Waals surface area (Å²) in [5.41, 5.74) is 6.00. The topological polar surface area (TPSA) is 61.5 Å². The minimum Gasteiger partial charge on any atom is -0.465 e. The predicted molar refractivity (Wildman–Crippen MR) is 57.4 cm³/mol. The highest BCUT2D eigenvalue weighted by atomic mass is 31.0. The van der Waals surface area contributed by atoms with Crippen LogP contribution in [0.3, 0.4) is 0 Å². The Morgan fingerprint density at radius 1 is 1.60 bits per heavy atom. The zero-order valence-corrected chi connectivity index (χ0v) is 9.22. The van der Waals surface area contributed by atoms with Crippen LogP contribution in [0.1, 0.15) is 10.4 Å². The van der Waals surface area contributed by atoms with Crippen molar-refractivity contribution >= 4 is 20.9 Å². The number of carbonyl (C=O) groups is 1. The van der Waals surface area contributed by atoms with Gasteiger partial charge in [0.15, 0.2) is 0 Å². The highest BCUT2D eigenvalue weighted by Crippen LogP contribution is 2.25. The van der Waals surface area contributed by atoms with Crippen LogP contribution < -0.4 is 10.5 Å². The van der Waals surface area contributed by atoms with Crippen molar-refractivity contribution in [3.8, 4) is 5.75 Å². The van der Waals surface area contributed by atoms with Crippen molar-refractivity contribution in [2.75, 3.05) is 12.8 Å². The minimum atomic E-state index is -1.60. The van der Waals surface area contributed by atoms with Crippen LogP contribution in [0.25, 0.3) is 0 Å². The van der Waals surface area contributed by atoms with Crippen molar-refractivity contribution in [3.63, 3.8) is 0 Å². The second-order valence-electron chi connectivity index (χ2n) is 2.72. The van der Waals surface area contributed by atoms with Crippen LogP contribution in [-0.2, 0) is 4.74 Å². The van der Waals surface area contributed by atoms with E-state index < -0.39 is 12.1 Å². The van der Waals surface area contributed by atoms with E-state index in [9.17, 15) is 9.18 Å². The predicted octanol–water partition coefficient (Wildman–Crippen LogP) is 1.56. The molecule has 4 nitrogen and oxygen atoms in total. The Hall–Kier alpha value is -1.35. The molecule has 0 spiro atoms. The maximum atomic E-state index is 12.6. The van der Waals surface area contributed by atoms with Crippen molar-refractivity contribution in [1.82, 2.24) is 0 Å². The number of halogens is 1. The van der Waals surface area contributed by atoms with E-state index in [0.29, 0.717) is 5.69 Å². The molecule has 0 heterocycles. The largest absolute Gasteiger partial charge is 0.465 e. The average Bonchev–Trinajstić information content (AvgIpc) is 2.16. The summed E-state index contributed by atoms with van der Waals surface area (Å²) in [7, 11) is 3.04. The Morgan fingerprint density at radius 3 is 2.80 bits per heavy atom. The lowest BCUT2D eigenvalue weighted by atomic mass is 10.2. The Bertz CT molecular complexity index is 370. The summed E-state index contributed by atoms with van der Waals surface area (Å²) in [6.07, 6.45) is -1.60. The molecule has 0 amide bonds. The van der Waals surface area contributed by atoms with E-state index in [0.717, 1.165) is 0 Å². The fraction of sp³-hybridized carbons (Fsp3) is 0.222. The van der Waals surface area contributed by atoms with Gasteiger partial charge in [-0.3, -0.25) is 0 Å². The fourth-order valence-electron chi connectivity index (χ4n) is 1.04. The maximum Gasteiger partial charge on any atom is 0.341 e. The molecule has 1 aromatic rings. The number of ether oxygens (including phenoxy) is 2. The second kappa shape index (κ2) is 4.94. The number of carbonyl (C=O) groups excluding carboxylic acids is 1. The van der Waals surface area contributed by atoms with Crippen molar-refractivity contribution in [3.05, 3.63) is 23.8 Å². The van der Waals surface area contributed by atoms with Gasteiger partial charge < -0.3 is 15.2 Å². The number of methoxy groups -OCH3 is 1. The highest BCUT2D eigenvalue weighted by molar-refractivity contribution is 7.16. The summed E-state index contributed by atoms with van der Waals surface area (Å²) < 4.78 is 21.9. The molecule has 82 valence electrons. The first-order chi connectivity index (χ1) is 7.04. The molecular formula is C9H11FNO3P. The van der Waals surface area contributed by atoms with Crippen LogP contribution in [0, 0.1) is 0 Å². The first-order valence-electron chi connectivity index (χ1n) is 4.08. The summed E-state index contributed by atoms with van der Waals surface area (Å²) >= 11 is 0. The van der Waals surface area contributed by atoms with Gasteiger partial charge in [-0.15, -0.1) is 0 Å². The van der Waals surface area contributed by atoms with Crippen molar-refractivity contribution in [1.29, 1.82) is 0 Å². The fourth-order valence-corrected chi connectivity index (χ4v) is 1.18. The molecule has 0 aliphatic heterocycles. The summed E-state index contributed by atoms with van der Waals surface area (Å²) in [6, 6.07) is 4.29. The number of anilines is 1. The molecule has 1 rings (SSSR count). The van der Waals surface area contributed by atoms with Gasteiger partial charge in [0, 0.05) is 11.8 Å². The molecule has 2 atom stereocenters. The van der Waals surface area contributed by atoms with Gasteiger partial charge in [0.2, 0.25) is 6.10 Å². The van der Waals surface area contributed by atoms with Crippen molar-refractivity contribution in [2.45, 2.75) is 6.10 Å². The van der Waals surface area contributed by atoms with E-state index in [-0.39, 0.29) is 11.3 Å². The summed E-state index contributed by atoms with van der Waals surface area (Å²) in [4.78, 5) is 11.3. The van der Waals surface area contributed by atoms with Gasteiger partial charge in [-0.1, -0.05) is 9.24 Å². The third-order valence-corrected chi connectivity index (χ3v) is 1.79. The molecule has 0 aliphatic carbocycles. The van der Waals surface area contributed by atoms with E-state index >= 15 is 0 Å². The van der Waals surface area contributed by atoms with Gasteiger partial charge in [0.1, 0.15) is 11.3 Å². The number of hydrogen-bond acceptors (Lipinski definition) is 4. The van der Waals surface area contributed by atoms with Crippen LogP contribution in [0.15, 0.2) is 18.2 Å². The number of rotatable bonds is 3. The first-order valence-corrected chi connectivity index (χ1v) is 4.75. The normalized spacial score (nSPS) is 11.9. The Morgan fingerprint density at radius 2 is 2.27 bits per heavy atom. The molecule has 0 saturated heterocycles. The molecule has 0 aromatic heterocycles. The average molecular weight is 231 g/mol. The van der Waals surface area contributed by atoms with Crippen LogP contribution in [-0.4, -0.2) is 19.2 Å². The first kappa shape index (κ1) is 11.7. The van der Waals surface area contributed by atoms with E-state index in [1.54, 1.807) is 0 Å². The molecule has 0 saturated carbocycles. The van der Waals surface area contributed by atoms with E-state index in [4.69, 9.17) is 10.5 Å². The molecule has 2 unspecified atom stereocenters. The van der Waals surface area contributed by atoms with E-state index in [1.807, 2.05) is 9.24 Å². The zero-order valence-electron chi connectivity index (χ0n) is 8.07. The Labute approximate surface area is 88.8 Å². The molecule has 0 radical (unpaired) electrons. The number of nitrogen functional groups attached to an aromatic ring is 1. The van der Waals surface area contributed by atoms with Gasteiger partial charge in [-0.25, -0.2) is 4.79 Å². The van der Waals surface area contributed by atoms with Gasteiger partial charge in [0.25, 0.3) is 0 Å². The van der Waals surface area contributed by atoms with Crippen molar-refractivity contribution < 1.29 is 18.7 Å². The van der Waals surface area contributed by atoms with E-state index in [2.05, 4.69) is 4.74 Å². The lowest BCUT2D eigenvalue weighted by Gasteiger charge is -2.11. The third-order valence-electron chi connectivity index (χ3n) is 1.65.